The summed E-state index contributed by atoms with van der Waals surface area (Å²) in [5, 5.41) is 3.63. The van der Waals surface area contributed by atoms with Crippen molar-refractivity contribution in [2.45, 2.75) is 45.1 Å². The van der Waals surface area contributed by atoms with Gasteiger partial charge in [0.05, 0.1) is 0 Å². The predicted molar refractivity (Wildman–Crippen MR) is 80.3 cm³/mol. The standard InChI is InChI=1S/C16H27N3/c1-15(14-19-11-4-2-3-5-12-19)18-10-8-16-7-6-9-17-13-16/h6-7,9,13,15,18H,2-5,8,10-12,14H2,1H3. The van der Waals surface area contributed by atoms with Crippen LogP contribution in [0.5, 0.6) is 0 Å². The Labute approximate surface area is 117 Å². The SMILES string of the molecule is CC(CN1CCCCCC1)NCCc1cccnc1. The van der Waals surface area contributed by atoms with E-state index in [2.05, 4.69) is 28.2 Å². The van der Waals surface area contributed by atoms with Crippen molar-refractivity contribution in [3.63, 3.8) is 0 Å². The molecule has 1 fully saturated rings. The molecule has 1 aromatic heterocycles. The van der Waals surface area contributed by atoms with Gasteiger partial charge in [0, 0.05) is 25.0 Å². The van der Waals surface area contributed by atoms with Crippen LogP contribution in [0.3, 0.4) is 0 Å². The number of hydrogen-bond acceptors (Lipinski definition) is 3. The van der Waals surface area contributed by atoms with Crippen LogP contribution in [0.1, 0.15) is 38.2 Å². The van der Waals surface area contributed by atoms with Gasteiger partial charge in [-0.25, -0.2) is 0 Å². The highest BCUT2D eigenvalue weighted by molar-refractivity contribution is 5.08. The molecule has 19 heavy (non-hydrogen) atoms. The highest BCUT2D eigenvalue weighted by Gasteiger charge is 2.11. The Bertz CT molecular complexity index is 331. The molecule has 1 unspecified atom stereocenters. The van der Waals surface area contributed by atoms with Gasteiger partial charge in [-0.2, -0.15) is 0 Å². The lowest BCUT2D eigenvalue weighted by Gasteiger charge is -2.24. The molecule has 3 nitrogen and oxygen atoms in total. The molecule has 1 aliphatic heterocycles. The van der Waals surface area contributed by atoms with E-state index in [4.69, 9.17) is 0 Å². The summed E-state index contributed by atoms with van der Waals surface area (Å²) in [6.45, 7) is 7.10. The Hall–Kier alpha value is -0.930. The molecule has 1 saturated heterocycles. The van der Waals surface area contributed by atoms with E-state index in [1.54, 1.807) is 0 Å². The normalized spacial score (nSPS) is 19.0. The van der Waals surface area contributed by atoms with Gasteiger partial charge in [-0.15, -0.1) is 0 Å². The number of nitrogens with zero attached hydrogens (tertiary/aromatic N) is 2. The van der Waals surface area contributed by atoms with E-state index in [-0.39, 0.29) is 0 Å². The van der Waals surface area contributed by atoms with E-state index in [0.29, 0.717) is 6.04 Å². The summed E-state index contributed by atoms with van der Waals surface area (Å²) >= 11 is 0. The fourth-order valence-corrected chi connectivity index (χ4v) is 2.78. The fourth-order valence-electron chi connectivity index (χ4n) is 2.78. The molecule has 106 valence electrons. The molecule has 0 bridgehead atoms. The molecule has 1 aliphatic rings. The summed E-state index contributed by atoms with van der Waals surface area (Å²) in [4.78, 5) is 6.77. The van der Waals surface area contributed by atoms with Crippen LogP contribution in [0.25, 0.3) is 0 Å². The number of pyridine rings is 1. The highest BCUT2D eigenvalue weighted by atomic mass is 15.1. The summed E-state index contributed by atoms with van der Waals surface area (Å²) in [7, 11) is 0. The number of nitrogens with one attached hydrogen (secondary N) is 1. The van der Waals surface area contributed by atoms with E-state index in [0.717, 1.165) is 13.0 Å². The van der Waals surface area contributed by atoms with Crippen LogP contribution in [0.2, 0.25) is 0 Å². The monoisotopic (exact) mass is 261 g/mol. The van der Waals surface area contributed by atoms with Gasteiger partial charge in [-0.1, -0.05) is 18.9 Å². The lowest BCUT2D eigenvalue weighted by molar-refractivity contribution is 0.256. The molecule has 0 aromatic carbocycles. The second-order valence-corrected chi connectivity index (χ2v) is 5.68. The van der Waals surface area contributed by atoms with Crippen LogP contribution >= 0.6 is 0 Å². The topological polar surface area (TPSA) is 28.2 Å². The summed E-state index contributed by atoms with van der Waals surface area (Å²) in [5.74, 6) is 0. The maximum Gasteiger partial charge on any atom is 0.0300 e. The van der Waals surface area contributed by atoms with Crippen LogP contribution < -0.4 is 5.32 Å². The van der Waals surface area contributed by atoms with Crippen LogP contribution in [0.4, 0.5) is 0 Å². The van der Waals surface area contributed by atoms with Crippen molar-refractivity contribution in [1.29, 1.82) is 0 Å². The zero-order chi connectivity index (χ0) is 13.3. The first-order valence-corrected chi connectivity index (χ1v) is 7.69. The molecular weight excluding hydrogens is 234 g/mol. The predicted octanol–water partition coefficient (Wildman–Crippen LogP) is 2.48. The molecule has 0 amide bonds. The third kappa shape index (κ3) is 5.70. The van der Waals surface area contributed by atoms with E-state index in [1.807, 2.05) is 18.5 Å². The Morgan fingerprint density at radius 3 is 2.74 bits per heavy atom. The van der Waals surface area contributed by atoms with Crippen molar-refractivity contribution >= 4 is 0 Å². The molecule has 1 atom stereocenters. The maximum absolute atomic E-state index is 4.15. The van der Waals surface area contributed by atoms with Gasteiger partial charge in [0.15, 0.2) is 0 Å². The smallest absolute Gasteiger partial charge is 0.0300 e. The first-order chi connectivity index (χ1) is 9.34. The molecule has 0 radical (unpaired) electrons. The Balaban J connectivity index is 1.62. The largest absolute Gasteiger partial charge is 0.313 e. The van der Waals surface area contributed by atoms with Gasteiger partial charge >= 0.3 is 0 Å². The molecule has 3 heteroatoms. The lowest BCUT2D eigenvalue weighted by Crippen LogP contribution is -2.40. The van der Waals surface area contributed by atoms with E-state index in [1.165, 1.54) is 50.9 Å². The number of aromatic nitrogens is 1. The number of hydrogen-bond donors (Lipinski definition) is 1. The third-order valence-electron chi connectivity index (χ3n) is 3.86. The Morgan fingerprint density at radius 1 is 1.26 bits per heavy atom. The molecule has 0 saturated carbocycles. The van der Waals surface area contributed by atoms with Crippen molar-refractivity contribution in [3.05, 3.63) is 30.1 Å². The van der Waals surface area contributed by atoms with Gasteiger partial charge in [-0.05, 0) is 57.5 Å². The minimum atomic E-state index is 0.578. The number of likely N-dealkylation sites (tertiary alicyclic amines) is 1. The van der Waals surface area contributed by atoms with Crippen LogP contribution in [0, 0.1) is 0 Å². The molecule has 1 N–H and O–H groups in total. The van der Waals surface area contributed by atoms with Gasteiger partial charge < -0.3 is 10.2 Å². The summed E-state index contributed by atoms with van der Waals surface area (Å²) in [5.41, 5.74) is 1.32. The minimum absolute atomic E-state index is 0.578. The zero-order valence-electron chi connectivity index (χ0n) is 12.1. The minimum Gasteiger partial charge on any atom is -0.313 e. The highest BCUT2D eigenvalue weighted by Crippen LogP contribution is 2.09. The fraction of sp³-hybridized carbons (Fsp3) is 0.688. The van der Waals surface area contributed by atoms with Crippen molar-refractivity contribution in [1.82, 2.24) is 15.2 Å². The van der Waals surface area contributed by atoms with E-state index >= 15 is 0 Å². The number of rotatable bonds is 6. The van der Waals surface area contributed by atoms with Crippen molar-refractivity contribution < 1.29 is 0 Å². The first-order valence-electron chi connectivity index (χ1n) is 7.69. The van der Waals surface area contributed by atoms with Crippen LogP contribution in [-0.2, 0) is 6.42 Å². The average molecular weight is 261 g/mol. The second-order valence-electron chi connectivity index (χ2n) is 5.68. The first kappa shape index (κ1) is 14.5. The van der Waals surface area contributed by atoms with E-state index < -0.39 is 0 Å². The molecule has 0 spiro atoms. The van der Waals surface area contributed by atoms with Crippen molar-refractivity contribution in [2.24, 2.45) is 0 Å². The van der Waals surface area contributed by atoms with Gasteiger partial charge in [0.1, 0.15) is 0 Å². The average Bonchev–Trinajstić information content (AvgIpc) is 2.68. The van der Waals surface area contributed by atoms with Gasteiger partial charge in [0.25, 0.3) is 0 Å². The zero-order valence-corrected chi connectivity index (χ0v) is 12.1. The van der Waals surface area contributed by atoms with Crippen molar-refractivity contribution in [2.75, 3.05) is 26.2 Å². The van der Waals surface area contributed by atoms with Crippen LogP contribution in [-0.4, -0.2) is 42.1 Å². The summed E-state index contributed by atoms with van der Waals surface area (Å²) in [6, 6.07) is 4.74. The second kappa shape index (κ2) is 8.28. The summed E-state index contributed by atoms with van der Waals surface area (Å²) in [6.07, 6.45) is 10.4. The molecule has 0 aliphatic carbocycles. The molecule has 2 heterocycles. The van der Waals surface area contributed by atoms with Crippen molar-refractivity contribution in [3.8, 4) is 0 Å². The van der Waals surface area contributed by atoms with Crippen LogP contribution in [0.15, 0.2) is 24.5 Å². The van der Waals surface area contributed by atoms with Gasteiger partial charge in [0.2, 0.25) is 0 Å². The molecular formula is C16H27N3. The third-order valence-corrected chi connectivity index (χ3v) is 3.86. The summed E-state index contributed by atoms with van der Waals surface area (Å²) < 4.78 is 0. The molecule has 2 rings (SSSR count). The van der Waals surface area contributed by atoms with E-state index in [9.17, 15) is 0 Å². The molecule has 1 aromatic rings. The maximum atomic E-state index is 4.15. The Morgan fingerprint density at radius 2 is 2.05 bits per heavy atom. The van der Waals surface area contributed by atoms with Gasteiger partial charge in [-0.3, -0.25) is 4.98 Å². The lowest BCUT2D eigenvalue weighted by atomic mass is 10.2. The quantitative estimate of drug-likeness (QED) is 0.852. The Kier molecular flexibility index (Phi) is 6.31.